The summed E-state index contributed by atoms with van der Waals surface area (Å²) in [6, 6.07) is 0. The molecule has 2 N–H and O–H groups in total. The first-order chi connectivity index (χ1) is 2.64. The monoisotopic (exact) mass is 100 g/mol. The van der Waals surface area contributed by atoms with E-state index in [-0.39, 0.29) is 0 Å². The van der Waals surface area contributed by atoms with Gasteiger partial charge in [0.15, 0.2) is 0 Å². The Morgan fingerprint density at radius 1 is 1.67 bits per heavy atom. The Kier molecular flexibility index (Phi) is 2.01. The minimum absolute atomic E-state index is 0.426. The number of rotatable bonds is 0. The zero-order valence-electron chi connectivity index (χ0n) is 3.93. The average molecular weight is 99.8 g/mol. The second kappa shape index (κ2) is 2.08. The highest BCUT2D eigenvalue weighted by Crippen LogP contribution is 1.64. The zero-order valence-corrected chi connectivity index (χ0v) is 4.75. The van der Waals surface area contributed by atoms with Gasteiger partial charge in [0.2, 0.25) is 16.0 Å². The van der Waals surface area contributed by atoms with E-state index in [0.717, 1.165) is 0 Å². The predicted octanol–water partition coefficient (Wildman–Crippen LogP) is -2.37. The summed E-state index contributed by atoms with van der Waals surface area (Å²) in [6.45, 7) is 0. The van der Waals surface area contributed by atoms with Crippen LogP contribution in [0.15, 0.2) is 0 Å². The van der Waals surface area contributed by atoms with Crippen molar-refractivity contribution in [3.63, 3.8) is 0 Å². The number of nitrogens with two attached hydrogens (primary N) is 1. The lowest BCUT2D eigenvalue weighted by atomic mass is 10.2. The molecule has 0 rings (SSSR count). The molecule has 6 heavy (non-hydrogen) atoms. The quantitative estimate of drug-likeness (QED) is 0.272. The average Bonchev–Trinajstić information content (AvgIpc) is 1.36. The van der Waals surface area contributed by atoms with Gasteiger partial charge in [0.05, 0.1) is 0 Å². The van der Waals surface area contributed by atoms with E-state index in [2.05, 4.69) is 12.2 Å². The fourth-order valence-electron chi connectivity index (χ4n) is 0. The molecule has 0 atom stereocenters. The molecule has 0 bridgehead atoms. The first kappa shape index (κ1) is 5.82. The van der Waals surface area contributed by atoms with Gasteiger partial charge in [0.25, 0.3) is 0 Å². The van der Waals surface area contributed by atoms with E-state index in [0.29, 0.717) is 5.11 Å². The number of nitrogens with zero attached hydrogens (tertiary/aromatic N) is 1. The Labute approximate surface area is 44.5 Å². The summed E-state index contributed by atoms with van der Waals surface area (Å²) in [4.78, 5) is 0. The Morgan fingerprint density at radius 3 is 1.83 bits per heavy atom. The zero-order chi connectivity index (χ0) is 5.15. The molecule has 32 valence electrons. The van der Waals surface area contributed by atoms with Gasteiger partial charge in [0, 0.05) is 0 Å². The van der Waals surface area contributed by atoms with Gasteiger partial charge in [-0.25, -0.2) is 0 Å². The Balaban J connectivity index is 3.26. The van der Waals surface area contributed by atoms with Crippen LogP contribution < -0.4 is 5.73 Å². The van der Waals surface area contributed by atoms with Crippen LogP contribution in [0.4, 0.5) is 0 Å². The van der Waals surface area contributed by atoms with Crippen molar-refractivity contribution in [1.29, 1.82) is 0 Å². The maximum absolute atomic E-state index is 5.09. The van der Waals surface area contributed by atoms with Crippen molar-refractivity contribution in [2.75, 3.05) is 0 Å². The van der Waals surface area contributed by atoms with Crippen molar-refractivity contribution in [3.05, 3.63) is 0 Å². The third-order valence-corrected chi connectivity index (χ3v) is 0.806. The van der Waals surface area contributed by atoms with Crippen molar-refractivity contribution in [1.82, 2.24) is 4.72 Å². The minimum Gasteiger partial charge on any atom is -0.450 e. The van der Waals surface area contributed by atoms with Crippen LogP contribution in [-0.4, -0.2) is 25.8 Å². The first-order valence-electron chi connectivity index (χ1n) is 1.61. The summed E-state index contributed by atoms with van der Waals surface area (Å²) in [5, 5.41) is 0.426. The van der Waals surface area contributed by atoms with Gasteiger partial charge in [-0.15, -0.1) is 0 Å². The van der Waals surface area contributed by atoms with Gasteiger partial charge in [-0.2, -0.15) is 0 Å². The molecule has 0 radical (unpaired) electrons. The van der Waals surface area contributed by atoms with Gasteiger partial charge < -0.3 is 10.5 Å². The van der Waals surface area contributed by atoms with Crippen LogP contribution in [0.1, 0.15) is 0 Å². The summed E-state index contributed by atoms with van der Waals surface area (Å²) >= 11 is 4.52. The third-order valence-electron chi connectivity index (χ3n) is 0.441. The van der Waals surface area contributed by atoms with E-state index < -0.39 is 0 Å². The smallest absolute Gasteiger partial charge is 0.204 e. The number of thiocarbonyl (C=S) groups is 1. The molecule has 0 unspecified atom stereocenters. The summed E-state index contributed by atoms with van der Waals surface area (Å²) in [7, 11) is 3.62. The van der Waals surface area contributed by atoms with Gasteiger partial charge in [-0.1, -0.05) is 0 Å². The Bertz CT molecular complexity index is 62.6. The van der Waals surface area contributed by atoms with Crippen LogP contribution in [0.2, 0.25) is 0 Å². The fraction of sp³-hybridized carbons (Fsp3) is 0. The highest BCUT2D eigenvalue weighted by atomic mass is 32.1. The fourth-order valence-corrected chi connectivity index (χ4v) is 0. The van der Waals surface area contributed by atoms with Gasteiger partial charge in [-0.3, -0.25) is 0 Å². The van der Waals surface area contributed by atoms with Crippen LogP contribution >= 0.6 is 12.2 Å². The number of hydrogen-bond acceptors (Lipinski definition) is 1. The molecule has 0 aromatic carbocycles. The van der Waals surface area contributed by atoms with Crippen molar-refractivity contribution in [3.8, 4) is 0 Å². The van der Waals surface area contributed by atoms with Crippen LogP contribution in [0.5, 0.6) is 0 Å². The molecule has 0 aliphatic rings. The summed E-state index contributed by atoms with van der Waals surface area (Å²) in [5.74, 6) is 0. The second-order valence-electron chi connectivity index (χ2n) is 1.23. The molecule has 0 amide bonds. The van der Waals surface area contributed by atoms with Gasteiger partial charge >= 0.3 is 0 Å². The minimum atomic E-state index is 0.426. The lowest BCUT2D eigenvalue weighted by Gasteiger charge is -2.06. The highest BCUT2D eigenvalue weighted by molar-refractivity contribution is 7.80. The van der Waals surface area contributed by atoms with Crippen molar-refractivity contribution < 1.29 is 0 Å². The van der Waals surface area contributed by atoms with E-state index in [1.165, 1.54) is 0 Å². The summed E-state index contributed by atoms with van der Waals surface area (Å²) < 4.78 is 1.68. The molecule has 0 saturated carbocycles. The molecule has 0 saturated heterocycles. The lowest BCUT2D eigenvalue weighted by Crippen LogP contribution is -2.30. The van der Waals surface area contributed by atoms with Crippen LogP contribution in [0.3, 0.4) is 0 Å². The van der Waals surface area contributed by atoms with Crippen LogP contribution in [-0.2, 0) is 0 Å². The topological polar surface area (TPSA) is 29.3 Å². The van der Waals surface area contributed by atoms with E-state index >= 15 is 0 Å². The second-order valence-corrected chi connectivity index (χ2v) is 1.65. The molecule has 0 aromatic rings. The molecule has 0 spiro atoms. The molecule has 0 aliphatic carbocycles. The summed E-state index contributed by atoms with van der Waals surface area (Å²) in [6.07, 6.45) is 0. The maximum atomic E-state index is 5.09. The van der Waals surface area contributed by atoms with Crippen LogP contribution in [0.25, 0.3) is 0 Å². The van der Waals surface area contributed by atoms with E-state index in [4.69, 9.17) is 5.73 Å². The first-order valence-corrected chi connectivity index (χ1v) is 2.02. The lowest BCUT2D eigenvalue weighted by molar-refractivity contribution is 1.08. The van der Waals surface area contributed by atoms with Crippen LogP contribution in [0, 0.1) is 0 Å². The Morgan fingerprint density at radius 2 is 1.83 bits per heavy atom. The highest BCUT2D eigenvalue weighted by Gasteiger charge is 1.83. The van der Waals surface area contributed by atoms with E-state index in [1.54, 1.807) is 4.72 Å². The van der Waals surface area contributed by atoms with Gasteiger partial charge in [0.1, 0.15) is 5.11 Å². The van der Waals surface area contributed by atoms with E-state index in [1.807, 2.05) is 16.0 Å². The van der Waals surface area contributed by atoms with Gasteiger partial charge in [-0.05, 0) is 12.2 Å². The molecule has 5 heteroatoms. The van der Waals surface area contributed by atoms with Crippen molar-refractivity contribution in [2.24, 2.45) is 5.73 Å². The predicted molar refractivity (Wildman–Crippen MR) is 35.7 cm³/mol. The van der Waals surface area contributed by atoms with E-state index in [9.17, 15) is 0 Å². The molecular weight excluding hydrogens is 93.7 g/mol. The maximum Gasteiger partial charge on any atom is 0.204 e. The standard InChI is InChI=1S/CH6B2N2S/c2-5(3)1(4)6/h2-3H2,(H2,4,6). The Hall–Kier alpha value is -0.180. The molecule has 0 fully saturated rings. The molecule has 0 heterocycles. The SMILES string of the molecule is BN(B)C(N)=S. The van der Waals surface area contributed by atoms with Crippen molar-refractivity contribution >= 4 is 33.3 Å². The largest absolute Gasteiger partial charge is 0.450 e. The normalized spacial score (nSPS) is 7.33. The van der Waals surface area contributed by atoms with Crippen molar-refractivity contribution in [2.45, 2.75) is 0 Å². The number of hydrogen-bond donors (Lipinski definition) is 1. The third kappa shape index (κ3) is 2.08. The summed E-state index contributed by atoms with van der Waals surface area (Å²) in [5.41, 5.74) is 5.09. The molecule has 2 nitrogen and oxygen atoms in total. The molecule has 0 aromatic heterocycles. The molecular formula is CH6B2N2S. The molecule has 0 aliphatic heterocycles.